The first kappa shape index (κ1) is 13.3. The molecular weight excluding hydrogens is 274 g/mol. The average molecular weight is 286 g/mol. The van der Waals surface area contributed by atoms with Gasteiger partial charge in [0.2, 0.25) is 0 Å². The third-order valence-electron chi connectivity index (χ3n) is 3.15. The zero-order valence-electron chi connectivity index (χ0n) is 9.76. The Hall–Kier alpha value is -1.09. The summed E-state index contributed by atoms with van der Waals surface area (Å²) in [5.41, 5.74) is -0.896. The van der Waals surface area contributed by atoms with Gasteiger partial charge in [0.15, 0.2) is 9.84 Å². The second kappa shape index (κ2) is 4.54. The number of rotatable bonds is 4. The number of methoxy groups -OCH3 is 1. The molecule has 1 aliphatic carbocycles. The maximum atomic E-state index is 12.3. The number of halogens is 1. The van der Waals surface area contributed by atoms with Crippen molar-refractivity contribution in [3.63, 3.8) is 0 Å². The molecule has 1 aromatic rings. The lowest BCUT2D eigenvalue weighted by atomic mass is 10.1. The van der Waals surface area contributed by atoms with Crippen molar-refractivity contribution in [2.24, 2.45) is 5.41 Å². The number of hydrogen-bond acceptors (Lipinski definition) is 4. The van der Waals surface area contributed by atoms with Gasteiger partial charge < -0.3 is 4.74 Å². The molecule has 0 aliphatic heterocycles. The minimum atomic E-state index is -3.49. The first-order chi connectivity index (χ1) is 8.46. The van der Waals surface area contributed by atoms with Gasteiger partial charge >= 0.3 is 0 Å². The summed E-state index contributed by atoms with van der Waals surface area (Å²) in [4.78, 5) is 0.199. The Labute approximate surface area is 111 Å². The largest absolute Gasteiger partial charge is 0.383 e. The van der Waals surface area contributed by atoms with E-state index in [0.29, 0.717) is 11.4 Å². The van der Waals surface area contributed by atoms with E-state index >= 15 is 0 Å². The zero-order valence-corrected chi connectivity index (χ0v) is 11.3. The lowest BCUT2D eigenvalue weighted by molar-refractivity contribution is 0.164. The maximum Gasteiger partial charge on any atom is 0.182 e. The molecule has 0 N–H and O–H groups in total. The fourth-order valence-electron chi connectivity index (χ4n) is 2.03. The minimum Gasteiger partial charge on any atom is -0.383 e. The van der Waals surface area contributed by atoms with Gasteiger partial charge in [0.25, 0.3) is 0 Å². The van der Waals surface area contributed by atoms with Crippen LogP contribution in [0.15, 0.2) is 29.2 Å². The predicted molar refractivity (Wildman–Crippen MR) is 67.0 cm³/mol. The molecule has 0 radical (unpaired) electrons. The number of hydrogen-bond donors (Lipinski definition) is 0. The Morgan fingerprint density at radius 1 is 1.50 bits per heavy atom. The smallest absolute Gasteiger partial charge is 0.182 e. The van der Waals surface area contributed by atoms with E-state index in [0.717, 1.165) is 0 Å². The SMILES string of the molecule is COCC1(C#N)CC1S(=O)(=O)c1ccc(Cl)cc1. The summed E-state index contributed by atoms with van der Waals surface area (Å²) in [6.07, 6.45) is 0.322. The Bertz CT molecular complexity index is 591. The van der Waals surface area contributed by atoms with Gasteiger partial charge in [-0.1, -0.05) is 11.6 Å². The van der Waals surface area contributed by atoms with Crippen LogP contribution in [0.3, 0.4) is 0 Å². The van der Waals surface area contributed by atoms with E-state index in [1.54, 1.807) is 0 Å². The fraction of sp³-hybridized carbons (Fsp3) is 0.417. The van der Waals surface area contributed by atoms with Gasteiger partial charge in [0.1, 0.15) is 0 Å². The van der Waals surface area contributed by atoms with Crippen molar-refractivity contribution >= 4 is 21.4 Å². The molecular formula is C12H12ClNO3S. The Balaban J connectivity index is 2.30. The third kappa shape index (κ3) is 2.12. The van der Waals surface area contributed by atoms with Crippen molar-refractivity contribution in [1.82, 2.24) is 0 Å². The van der Waals surface area contributed by atoms with E-state index in [4.69, 9.17) is 21.6 Å². The van der Waals surface area contributed by atoms with Gasteiger partial charge in [0, 0.05) is 12.1 Å². The molecule has 2 unspecified atom stereocenters. The van der Waals surface area contributed by atoms with Crippen molar-refractivity contribution < 1.29 is 13.2 Å². The highest BCUT2D eigenvalue weighted by molar-refractivity contribution is 7.92. The van der Waals surface area contributed by atoms with Crippen LogP contribution in [0, 0.1) is 16.7 Å². The highest BCUT2D eigenvalue weighted by Crippen LogP contribution is 2.52. The number of sulfone groups is 1. The lowest BCUT2D eigenvalue weighted by Crippen LogP contribution is -2.19. The Morgan fingerprint density at radius 3 is 2.61 bits per heavy atom. The summed E-state index contributed by atoms with van der Waals surface area (Å²) in [6.45, 7) is 0.140. The molecule has 2 rings (SSSR count). The van der Waals surface area contributed by atoms with Crippen molar-refractivity contribution in [3.05, 3.63) is 29.3 Å². The summed E-state index contributed by atoms with van der Waals surface area (Å²) in [6, 6.07) is 8.04. The summed E-state index contributed by atoms with van der Waals surface area (Å²) in [7, 11) is -2.02. The van der Waals surface area contributed by atoms with Gasteiger partial charge in [-0.25, -0.2) is 8.42 Å². The summed E-state index contributed by atoms with van der Waals surface area (Å²) in [5.74, 6) is 0. The van der Waals surface area contributed by atoms with Crippen LogP contribution >= 0.6 is 11.6 Å². The molecule has 0 amide bonds. The van der Waals surface area contributed by atoms with Crippen LogP contribution < -0.4 is 0 Å². The van der Waals surface area contributed by atoms with Gasteiger partial charge in [0.05, 0.1) is 28.2 Å². The van der Waals surface area contributed by atoms with Crippen LogP contribution in [0.1, 0.15) is 6.42 Å². The molecule has 0 spiro atoms. The molecule has 4 nitrogen and oxygen atoms in total. The molecule has 0 bridgehead atoms. The zero-order chi connectivity index (χ0) is 13.4. The van der Waals surface area contributed by atoms with E-state index in [1.165, 1.54) is 31.4 Å². The van der Waals surface area contributed by atoms with Gasteiger partial charge in [-0.15, -0.1) is 0 Å². The van der Waals surface area contributed by atoms with Gasteiger partial charge in [-0.05, 0) is 30.7 Å². The highest BCUT2D eigenvalue weighted by Gasteiger charge is 2.62. The molecule has 1 saturated carbocycles. The number of nitrogens with zero attached hydrogens (tertiary/aromatic N) is 1. The van der Waals surface area contributed by atoms with Crippen LogP contribution in [-0.2, 0) is 14.6 Å². The van der Waals surface area contributed by atoms with E-state index in [9.17, 15) is 8.42 Å². The topological polar surface area (TPSA) is 67.2 Å². The highest BCUT2D eigenvalue weighted by atomic mass is 35.5. The summed E-state index contributed by atoms with van der Waals surface area (Å²) >= 11 is 5.72. The summed E-state index contributed by atoms with van der Waals surface area (Å²) < 4.78 is 29.5. The van der Waals surface area contributed by atoms with Crippen LogP contribution in [0.2, 0.25) is 5.02 Å². The third-order valence-corrected chi connectivity index (χ3v) is 5.70. The van der Waals surface area contributed by atoms with Crippen LogP contribution in [0.25, 0.3) is 0 Å². The molecule has 0 aromatic heterocycles. The molecule has 2 atom stereocenters. The molecule has 18 heavy (non-hydrogen) atoms. The number of ether oxygens (including phenoxy) is 1. The number of nitriles is 1. The molecule has 96 valence electrons. The lowest BCUT2D eigenvalue weighted by Gasteiger charge is -2.08. The molecule has 0 saturated heterocycles. The first-order valence-corrected chi connectivity index (χ1v) is 7.28. The van der Waals surface area contributed by atoms with Crippen LogP contribution in [0.4, 0.5) is 0 Å². The van der Waals surface area contributed by atoms with E-state index < -0.39 is 20.5 Å². The van der Waals surface area contributed by atoms with E-state index in [1.807, 2.05) is 0 Å². The van der Waals surface area contributed by atoms with Gasteiger partial charge in [-0.2, -0.15) is 5.26 Å². The maximum absolute atomic E-state index is 12.3. The van der Waals surface area contributed by atoms with Crippen LogP contribution in [-0.4, -0.2) is 27.4 Å². The normalized spacial score (nSPS) is 26.6. The second-order valence-corrected chi connectivity index (χ2v) is 6.96. The molecule has 0 heterocycles. The monoisotopic (exact) mass is 285 g/mol. The fourth-order valence-corrected chi connectivity index (χ4v) is 4.23. The predicted octanol–water partition coefficient (Wildman–Crippen LogP) is 2.04. The molecule has 1 aliphatic rings. The second-order valence-electron chi connectivity index (χ2n) is 4.39. The van der Waals surface area contributed by atoms with Crippen molar-refractivity contribution in [2.75, 3.05) is 13.7 Å². The quantitative estimate of drug-likeness (QED) is 0.849. The van der Waals surface area contributed by atoms with Crippen molar-refractivity contribution in [2.45, 2.75) is 16.6 Å². The Kier molecular flexibility index (Phi) is 3.37. The first-order valence-electron chi connectivity index (χ1n) is 5.36. The minimum absolute atomic E-state index is 0.140. The molecule has 1 fully saturated rings. The average Bonchev–Trinajstić information content (AvgIpc) is 3.06. The molecule has 1 aromatic carbocycles. The van der Waals surface area contributed by atoms with Gasteiger partial charge in [-0.3, -0.25) is 0 Å². The van der Waals surface area contributed by atoms with Crippen molar-refractivity contribution in [3.8, 4) is 6.07 Å². The summed E-state index contributed by atoms with van der Waals surface area (Å²) in [5, 5.41) is 8.89. The van der Waals surface area contributed by atoms with E-state index in [2.05, 4.69) is 6.07 Å². The molecule has 6 heteroatoms. The Morgan fingerprint density at radius 2 is 2.11 bits per heavy atom. The number of benzene rings is 1. The van der Waals surface area contributed by atoms with Crippen LogP contribution in [0.5, 0.6) is 0 Å². The van der Waals surface area contributed by atoms with Crippen molar-refractivity contribution in [1.29, 1.82) is 5.26 Å². The standard InChI is InChI=1S/C12H12ClNO3S/c1-17-8-12(7-14)6-11(12)18(15,16)10-4-2-9(13)3-5-10/h2-5,11H,6,8H2,1H3. The van der Waals surface area contributed by atoms with E-state index in [-0.39, 0.29) is 11.5 Å².